The molecule has 0 aromatic rings. The molecular formula is C15H25NO. The normalized spacial score (nSPS) is 41.8. The van der Waals surface area contributed by atoms with E-state index in [9.17, 15) is 10.4 Å². The molecule has 96 valence electrons. The van der Waals surface area contributed by atoms with Gasteiger partial charge in [0, 0.05) is 0 Å². The SMILES string of the molecule is CC1CCC(C)C(O)(C2(C#N)CCCCC2)C1. The van der Waals surface area contributed by atoms with Crippen LogP contribution < -0.4 is 0 Å². The number of rotatable bonds is 1. The largest absolute Gasteiger partial charge is 0.388 e. The maximum absolute atomic E-state index is 11.2. The van der Waals surface area contributed by atoms with Crippen LogP contribution in [-0.4, -0.2) is 10.7 Å². The van der Waals surface area contributed by atoms with Gasteiger partial charge < -0.3 is 5.11 Å². The molecule has 1 N–H and O–H groups in total. The molecule has 3 atom stereocenters. The van der Waals surface area contributed by atoms with Gasteiger partial charge in [-0.25, -0.2) is 0 Å². The lowest BCUT2D eigenvalue weighted by atomic mass is 9.55. The third kappa shape index (κ3) is 1.99. The predicted molar refractivity (Wildman–Crippen MR) is 68.3 cm³/mol. The maximum Gasteiger partial charge on any atom is 0.0863 e. The van der Waals surface area contributed by atoms with Crippen LogP contribution >= 0.6 is 0 Å². The second kappa shape index (κ2) is 4.61. The van der Waals surface area contributed by atoms with Crippen LogP contribution in [0.5, 0.6) is 0 Å². The zero-order valence-electron chi connectivity index (χ0n) is 11.2. The minimum Gasteiger partial charge on any atom is -0.388 e. The summed E-state index contributed by atoms with van der Waals surface area (Å²) in [7, 11) is 0. The molecule has 2 rings (SSSR count). The van der Waals surface area contributed by atoms with Crippen molar-refractivity contribution in [3.63, 3.8) is 0 Å². The van der Waals surface area contributed by atoms with Gasteiger partial charge in [-0.05, 0) is 37.5 Å². The fourth-order valence-electron chi connectivity index (χ4n) is 4.07. The maximum atomic E-state index is 11.2. The van der Waals surface area contributed by atoms with Crippen molar-refractivity contribution in [1.29, 1.82) is 5.26 Å². The first kappa shape index (κ1) is 12.9. The van der Waals surface area contributed by atoms with Gasteiger partial charge in [0.05, 0.1) is 17.1 Å². The molecule has 0 amide bonds. The Balaban J connectivity index is 2.30. The van der Waals surface area contributed by atoms with Crippen LogP contribution in [0.1, 0.15) is 65.2 Å². The van der Waals surface area contributed by atoms with E-state index in [0.717, 1.165) is 38.5 Å². The molecule has 2 aliphatic rings. The highest BCUT2D eigenvalue weighted by molar-refractivity contribution is 5.15. The zero-order valence-corrected chi connectivity index (χ0v) is 11.2. The number of nitriles is 1. The van der Waals surface area contributed by atoms with Crippen LogP contribution in [0.15, 0.2) is 0 Å². The highest BCUT2D eigenvalue weighted by Crippen LogP contribution is 2.53. The van der Waals surface area contributed by atoms with Gasteiger partial charge in [0.1, 0.15) is 0 Å². The summed E-state index contributed by atoms with van der Waals surface area (Å²) in [6, 6.07) is 2.53. The first-order valence-corrected chi connectivity index (χ1v) is 7.18. The molecule has 0 aromatic heterocycles. The van der Waals surface area contributed by atoms with Crippen LogP contribution in [0, 0.1) is 28.6 Å². The zero-order chi connectivity index (χ0) is 12.5. The van der Waals surface area contributed by atoms with Crippen LogP contribution in [0.25, 0.3) is 0 Å². The van der Waals surface area contributed by atoms with Crippen LogP contribution in [-0.2, 0) is 0 Å². The molecule has 0 radical (unpaired) electrons. The number of hydrogen-bond acceptors (Lipinski definition) is 2. The molecule has 0 heterocycles. The molecule has 0 aliphatic heterocycles. The Hall–Kier alpha value is -0.550. The van der Waals surface area contributed by atoms with Crippen LogP contribution in [0.3, 0.4) is 0 Å². The third-order valence-corrected chi connectivity index (χ3v) is 5.32. The van der Waals surface area contributed by atoms with Gasteiger partial charge >= 0.3 is 0 Å². The third-order valence-electron chi connectivity index (χ3n) is 5.32. The van der Waals surface area contributed by atoms with Crippen molar-refractivity contribution < 1.29 is 5.11 Å². The van der Waals surface area contributed by atoms with Crippen molar-refractivity contribution >= 4 is 0 Å². The Bertz CT molecular complexity index is 313. The van der Waals surface area contributed by atoms with Crippen molar-refractivity contribution in [2.75, 3.05) is 0 Å². The Labute approximate surface area is 105 Å². The van der Waals surface area contributed by atoms with E-state index < -0.39 is 11.0 Å². The number of nitrogens with zero attached hydrogens (tertiary/aromatic N) is 1. The molecule has 2 saturated carbocycles. The fourth-order valence-corrected chi connectivity index (χ4v) is 4.07. The molecule has 0 saturated heterocycles. The average molecular weight is 235 g/mol. The molecule has 2 fully saturated rings. The Morgan fingerprint density at radius 2 is 1.76 bits per heavy atom. The van der Waals surface area contributed by atoms with Crippen LogP contribution in [0.2, 0.25) is 0 Å². The van der Waals surface area contributed by atoms with E-state index in [1.54, 1.807) is 0 Å². The highest BCUT2D eigenvalue weighted by Gasteiger charge is 2.55. The fraction of sp³-hybridized carbons (Fsp3) is 0.933. The van der Waals surface area contributed by atoms with Crippen molar-refractivity contribution in [2.45, 2.75) is 70.8 Å². The number of hydrogen-bond donors (Lipinski definition) is 1. The summed E-state index contributed by atoms with van der Waals surface area (Å²) in [6.45, 7) is 4.35. The predicted octanol–water partition coefficient (Wildman–Crippen LogP) is 3.65. The van der Waals surface area contributed by atoms with E-state index in [0.29, 0.717) is 5.92 Å². The van der Waals surface area contributed by atoms with E-state index in [1.807, 2.05) is 0 Å². The summed E-state index contributed by atoms with van der Waals surface area (Å²) >= 11 is 0. The molecule has 0 bridgehead atoms. The average Bonchev–Trinajstić information content (AvgIpc) is 2.35. The topological polar surface area (TPSA) is 44.0 Å². The van der Waals surface area contributed by atoms with E-state index >= 15 is 0 Å². The summed E-state index contributed by atoms with van der Waals surface area (Å²) in [5.41, 5.74) is -1.20. The summed E-state index contributed by atoms with van der Waals surface area (Å²) in [6.07, 6.45) is 8.33. The van der Waals surface area contributed by atoms with Crippen LogP contribution in [0.4, 0.5) is 0 Å². The molecule has 3 unspecified atom stereocenters. The minimum absolute atomic E-state index is 0.274. The number of aliphatic hydroxyl groups is 1. The molecule has 0 spiro atoms. The molecular weight excluding hydrogens is 210 g/mol. The van der Waals surface area contributed by atoms with Crippen molar-refractivity contribution in [3.05, 3.63) is 0 Å². The molecule has 2 aliphatic carbocycles. The van der Waals surface area contributed by atoms with Crippen molar-refractivity contribution in [3.8, 4) is 6.07 Å². The standard InChI is InChI=1S/C15H25NO/c1-12-6-7-13(2)15(17,10-12)14(11-16)8-4-3-5-9-14/h12-13,17H,3-10H2,1-2H3. The lowest BCUT2D eigenvalue weighted by Crippen LogP contribution is -2.55. The summed E-state index contributed by atoms with van der Waals surface area (Å²) in [4.78, 5) is 0. The molecule has 0 aromatic carbocycles. The Kier molecular flexibility index (Phi) is 3.50. The first-order valence-electron chi connectivity index (χ1n) is 7.18. The van der Waals surface area contributed by atoms with Gasteiger partial charge in [-0.2, -0.15) is 5.26 Å². The van der Waals surface area contributed by atoms with Gasteiger partial charge in [0.15, 0.2) is 0 Å². The Morgan fingerprint density at radius 3 is 2.35 bits per heavy atom. The van der Waals surface area contributed by atoms with Gasteiger partial charge in [-0.15, -0.1) is 0 Å². The summed E-state index contributed by atoms with van der Waals surface area (Å²) in [5.74, 6) is 0.833. The second-order valence-corrected chi connectivity index (χ2v) is 6.47. The van der Waals surface area contributed by atoms with E-state index in [4.69, 9.17) is 0 Å². The van der Waals surface area contributed by atoms with Gasteiger partial charge in [0.25, 0.3) is 0 Å². The quantitative estimate of drug-likeness (QED) is 0.754. The highest BCUT2D eigenvalue weighted by atomic mass is 16.3. The molecule has 2 nitrogen and oxygen atoms in total. The van der Waals surface area contributed by atoms with Gasteiger partial charge in [0.2, 0.25) is 0 Å². The molecule has 2 heteroatoms. The van der Waals surface area contributed by atoms with Gasteiger partial charge in [-0.3, -0.25) is 0 Å². The second-order valence-electron chi connectivity index (χ2n) is 6.47. The lowest BCUT2D eigenvalue weighted by Gasteiger charge is -2.52. The van der Waals surface area contributed by atoms with E-state index in [2.05, 4.69) is 19.9 Å². The summed E-state index contributed by atoms with van der Waals surface area (Å²) < 4.78 is 0. The summed E-state index contributed by atoms with van der Waals surface area (Å²) in [5, 5.41) is 20.8. The first-order chi connectivity index (χ1) is 8.04. The smallest absolute Gasteiger partial charge is 0.0863 e. The molecule has 17 heavy (non-hydrogen) atoms. The van der Waals surface area contributed by atoms with E-state index in [1.165, 1.54) is 12.8 Å². The Morgan fingerprint density at radius 1 is 1.12 bits per heavy atom. The van der Waals surface area contributed by atoms with Gasteiger partial charge in [-0.1, -0.05) is 39.5 Å². The monoisotopic (exact) mass is 235 g/mol. The lowest BCUT2D eigenvalue weighted by molar-refractivity contribution is -0.142. The van der Waals surface area contributed by atoms with Crippen molar-refractivity contribution in [1.82, 2.24) is 0 Å². The van der Waals surface area contributed by atoms with Crippen molar-refractivity contribution in [2.24, 2.45) is 17.3 Å². The van der Waals surface area contributed by atoms with E-state index in [-0.39, 0.29) is 5.92 Å². The minimum atomic E-state index is -0.736.